The number of hydrogen-bond donors (Lipinski definition) is 1. The zero-order valence-corrected chi connectivity index (χ0v) is 14.8. The molecular weight excluding hydrogens is 340 g/mol. The number of thiazole rings is 1. The van der Waals surface area contributed by atoms with E-state index in [1.165, 1.54) is 11.3 Å². The predicted molar refractivity (Wildman–Crippen MR) is 95.0 cm³/mol. The number of carboxylic acid groups (broad SMARTS) is 1. The van der Waals surface area contributed by atoms with Gasteiger partial charge in [0.25, 0.3) is 5.91 Å². The minimum atomic E-state index is -0.842. The van der Waals surface area contributed by atoms with Crippen molar-refractivity contribution in [1.82, 2.24) is 9.88 Å². The van der Waals surface area contributed by atoms with Crippen molar-refractivity contribution in [3.8, 4) is 16.3 Å². The van der Waals surface area contributed by atoms with Crippen molar-refractivity contribution in [1.29, 1.82) is 0 Å². The van der Waals surface area contributed by atoms with Crippen molar-refractivity contribution >= 4 is 23.2 Å². The van der Waals surface area contributed by atoms with Crippen LogP contribution in [0.5, 0.6) is 5.75 Å². The summed E-state index contributed by atoms with van der Waals surface area (Å²) in [5.41, 5.74) is 1.30. The lowest BCUT2D eigenvalue weighted by atomic mass is 9.98. The molecule has 1 aliphatic heterocycles. The number of nitrogens with zero attached hydrogens (tertiary/aromatic N) is 2. The molecule has 0 bridgehead atoms. The second-order valence-corrected chi connectivity index (χ2v) is 6.78. The van der Waals surface area contributed by atoms with Crippen molar-refractivity contribution in [3.05, 3.63) is 35.3 Å². The van der Waals surface area contributed by atoms with Gasteiger partial charge in [0.15, 0.2) is 0 Å². The number of carboxylic acids is 1. The minimum absolute atomic E-state index is 0.195. The summed E-state index contributed by atoms with van der Waals surface area (Å²) in [4.78, 5) is 29.8. The van der Waals surface area contributed by atoms with Gasteiger partial charge in [-0.3, -0.25) is 9.59 Å². The van der Waals surface area contributed by atoms with Crippen molar-refractivity contribution < 1.29 is 19.4 Å². The smallest absolute Gasteiger partial charge is 0.308 e. The molecule has 1 aromatic heterocycles. The van der Waals surface area contributed by atoms with Gasteiger partial charge in [0, 0.05) is 24.0 Å². The Kier molecular flexibility index (Phi) is 5.33. The molecule has 2 aromatic rings. The second-order valence-electron chi connectivity index (χ2n) is 5.92. The number of rotatable bonds is 5. The largest absolute Gasteiger partial charge is 0.494 e. The molecule has 2 heterocycles. The van der Waals surface area contributed by atoms with Gasteiger partial charge in [0.05, 0.1) is 12.5 Å². The molecule has 1 aliphatic rings. The van der Waals surface area contributed by atoms with Gasteiger partial charge in [-0.05, 0) is 44.0 Å². The highest BCUT2D eigenvalue weighted by atomic mass is 32.1. The first kappa shape index (κ1) is 17.4. The maximum atomic E-state index is 12.6. The van der Waals surface area contributed by atoms with E-state index in [1.807, 2.05) is 31.2 Å². The summed E-state index contributed by atoms with van der Waals surface area (Å²) in [6.07, 6.45) is 1.33. The summed E-state index contributed by atoms with van der Waals surface area (Å²) >= 11 is 1.41. The van der Waals surface area contributed by atoms with E-state index in [1.54, 1.807) is 10.3 Å². The monoisotopic (exact) mass is 360 g/mol. The molecule has 1 aromatic carbocycles. The fraction of sp³-hybridized carbons (Fsp3) is 0.389. The van der Waals surface area contributed by atoms with Gasteiger partial charge < -0.3 is 14.7 Å². The normalized spacial score (nSPS) is 17.3. The Morgan fingerprint density at radius 1 is 1.36 bits per heavy atom. The first-order chi connectivity index (χ1) is 12.1. The maximum absolute atomic E-state index is 12.6. The molecule has 0 unspecified atom stereocenters. The second kappa shape index (κ2) is 7.65. The van der Waals surface area contributed by atoms with E-state index in [-0.39, 0.29) is 12.5 Å². The highest BCUT2D eigenvalue weighted by Crippen LogP contribution is 2.27. The lowest BCUT2D eigenvalue weighted by Crippen LogP contribution is -2.42. The lowest BCUT2D eigenvalue weighted by Gasteiger charge is -2.30. The van der Waals surface area contributed by atoms with Crippen molar-refractivity contribution in [2.75, 3.05) is 19.7 Å². The molecular formula is C18H20N2O4S. The number of hydrogen-bond acceptors (Lipinski definition) is 5. The Morgan fingerprint density at radius 3 is 2.80 bits per heavy atom. The van der Waals surface area contributed by atoms with Gasteiger partial charge in [-0.25, -0.2) is 4.98 Å². The molecule has 1 saturated heterocycles. The predicted octanol–water partition coefficient (Wildman–Crippen LogP) is 3.15. The number of likely N-dealkylation sites (tertiary alicyclic amines) is 1. The molecule has 7 heteroatoms. The minimum Gasteiger partial charge on any atom is -0.494 e. The Morgan fingerprint density at radius 2 is 2.12 bits per heavy atom. The van der Waals surface area contributed by atoms with E-state index in [0.717, 1.165) is 16.3 Å². The number of ether oxygens (including phenoxy) is 1. The Balaban J connectivity index is 1.72. The highest BCUT2D eigenvalue weighted by molar-refractivity contribution is 7.13. The molecule has 1 N–H and O–H groups in total. The molecule has 0 aliphatic carbocycles. The van der Waals surface area contributed by atoms with Crippen LogP contribution in [0.1, 0.15) is 30.3 Å². The van der Waals surface area contributed by atoms with Crippen LogP contribution in [0.4, 0.5) is 0 Å². The van der Waals surface area contributed by atoms with E-state index >= 15 is 0 Å². The number of aliphatic carboxylic acids is 1. The van der Waals surface area contributed by atoms with Gasteiger partial charge in [0.2, 0.25) is 0 Å². The number of carbonyl (C=O) groups excluding carboxylic acids is 1. The molecule has 1 amide bonds. The SMILES string of the molecule is CCOc1ccc(-c2nc(C(=O)N3CCC[C@H](C(=O)O)C3)cs2)cc1. The fourth-order valence-electron chi connectivity index (χ4n) is 2.89. The van der Waals surface area contributed by atoms with Gasteiger partial charge in [-0.2, -0.15) is 0 Å². The zero-order valence-electron chi connectivity index (χ0n) is 14.0. The molecule has 6 nitrogen and oxygen atoms in total. The van der Waals surface area contributed by atoms with Crippen molar-refractivity contribution in [3.63, 3.8) is 0 Å². The van der Waals surface area contributed by atoms with Crippen LogP contribution in [0.3, 0.4) is 0 Å². The quantitative estimate of drug-likeness (QED) is 0.886. The van der Waals surface area contributed by atoms with Crippen LogP contribution in [0.2, 0.25) is 0 Å². The van der Waals surface area contributed by atoms with Gasteiger partial charge in [-0.15, -0.1) is 11.3 Å². The average molecular weight is 360 g/mol. The third kappa shape index (κ3) is 3.99. The molecule has 0 spiro atoms. The fourth-order valence-corrected chi connectivity index (χ4v) is 3.69. The molecule has 3 rings (SSSR count). The molecule has 0 saturated carbocycles. The summed E-state index contributed by atoms with van der Waals surface area (Å²) in [6.45, 7) is 3.38. The Hall–Kier alpha value is -2.41. The Bertz CT molecular complexity index is 757. The standard InChI is InChI=1S/C18H20N2O4S/c1-2-24-14-7-5-12(6-8-14)16-19-15(11-25-16)17(21)20-9-3-4-13(10-20)18(22)23/h5-8,11,13H,2-4,9-10H2,1H3,(H,22,23)/t13-/m0/s1. The van der Waals surface area contributed by atoms with Crippen LogP contribution >= 0.6 is 11.3 Å². The van der Waals surface area contributed by atoms with Crippen LogP contribution < -0.4 is 4.74 Å². The van der Waals surface area contributed by atoms with Gasteiger partial charge in [0.1, 0.15) is 16.5 Å². The van der Waals surface area contributed by atoms with Gasteiger partial charge >= 0.3 is 5.97 Å². The Labute approximate surface area is 150 Å². The van der Waals surface area contributed by atoms with Crippen LogP contribution in [0.15, 0.2) is 29.6 Å². The van der Waals surface area contributed by atoms with Gasteiger partial charge in [-0.1, -0.05) is 0 Å². The van der Waals surface area contributed by atoms with Crippen LogP contribution in [0, 0.1) is 5.92 Å². The van der Waals surface area contributed by atoms with Crippen molar-refractivity contribution in [2.24, 2.45) is 5.92 Å². The first-order valence-electron chi connectivity index (χ1n) is 8.29. The summed E-state index contributed by atoms with van der Waals surface area (Å²) in [5, 5.41) is 11.7. The van der Waals surface area contributed by atoms with E-state index in [0.29, 0.717) is 31.7 Å². The molecule has 1 atom stereocenters. The van der Waals surface area contributed by atoms with E-state index in [9.17, 15) is 9.59 Å². The van der Waals surface area contributed by atoms with Crippen LogP contribution in [0.25, 0.3) is 10.6 Å². The molecule has 132 valence electrons. The number of aromatic nitrogens is 1. The van der Waals surface area contributed by atoms with Crippen molar-refractivity contribution in [2.45, 2.75) is 19.8 Å². The first-order valence-corrected chi connectivity index (χ1v) is 9.17. The topological polar surface area (TPSA) is 79.7 Å². The number of benzene rings is 1. The molecule has 0 radical (unpaired) electrons. The van der Waals surface area contributed by atoms with Crippen LogP contribution in [-0.4, -0.2) is 46.6 Å². The maximum Gasteiger partial charge on any atom is 0.308 e. The number of carbonyl (C=O) groups is 2. The third-order valence-corrected chi connectivity index (χ3v) is 5.08. The van der Waals surface area contributed by atoms with E-state index in [2.05, 4.69) is 4.98 Å². The zero-order chi connectivity index (χ0) is 17.8. The lowest BCUT2D eigenvalue weighted by molar-refractivity contribution is -0.143. The van der Waals surface area contributed by atoms with E-state index < -0.39 is 11.9 Å². The van der Waals surface area contributed by atoms with E-state index in [4.69, 9.17) is 9.84 Å². The number of piperidine rings is 1. The summed E-state index contributed by atoms with van der Waals surface area (Å²) in [6, 6.07) is 7.59. The summed E-state index contributed by atoms with van der Waals surface area (Å²) < 4.78 is 5.42. The molecule has 25 heavy (non-hydrogen) atoms. The third-order valence-electron chi connectivity index (χ3n) is 4.19. The average Bonchev–Trinajstić information content (AvgIpc) is 3.12. The molecule has 1 fully saturated rings. The summed E-state index contributed by atoms with van der Waals surface area (Å²) in [7, 11) is 0. The van der Waals surface area contributed by atoms with Crippen LogP contribution in [-0.2, 0) is 4.79 Å². The summed E-state index contributed by atoms with van der Waals surface area (Å²) in [5.74, 6) is -0.723. The number of amides is 1. The highest BCUT2D eigenvalue weighted by Gasteiger charge is 2.29.